The zero-order valence-electron chi connectivity index (χ0n) is 10.2. The first-order valence-electron chi connectivity index (χ1n) is 5.46. The maximum atomic E-state index is 9.09. The first-order valence-corrected chi connectivity index (χ1v) is 6.24. The van der Waals surface area contributed by atoms with Gasteiger partial charge in [0.05, 0.1) is 12.3 Å². The van der Waals surface area contributed by atoms with Crippen LogP contribution in [0.1, 0.15) is 16.8 Å². The number of ether oxygens (including phenoxy) is 1. The molecule has 5 heteroatoms. The summed E-state index contributed by atoms with van der Waals surface area (Å²) in [6, 6.07) is 10.0. The highest BCUT2D eigenvalue weighted by molar-refractivity contribution is 7.10. The fourth-order valence-corrected chi connectivity index (χ4v) is 2.39. The third-order valence-electron chi connectivity index (χ3n) is 2.54. The molecule has 0 radical (unpaired) electrons. The highest BCUT2D eigenvalue weighted by Gasteiger charge is 2.11. The van der Waals surface area contributed by atoms with Crippen LogP contribution >= 0.6 is 11.5 Å². The van der Waals surface area contributed by atoms with Gasteiger partial charge in [-0.25, -0.2) is 0 Å². The minimum atomic E-state index is 0.531. The Morgan fingerprint density at radius 3 is 2.94 bits per heavy atom. The van der Waals surface area contributed by atoms with Crippen molar-refractivity contribution in [1.29, 1.82) is 5.26 Å². The van der Waals surface area contributed by atoms with Crippen molar-refractivity contribution in [3.63, 3.8) is 0 Å². The van der Waals surface area contributed by atoms with Crippen LogP contribution in [0.4, 0.5) is 10.7 Å². The molecule has 2 rings (SSSR count). The van der Waals surface area contributed by atoms with Crippen molar-refractivity contribution in [3.8, 4) is 6.07 Å². The van der Waals surface area contributed by atoms with Gasteiger partial charge >= 0.3 is 0 Å². The Balaban J connectivity index is 2.31. The fourth-order valence-electron chi connectivity index (χ4n) is 1.63. The van der Waals surface area contributed by atoms with E-state index in [0.29, 0.717) is 12.2 Å². The third kappa shape index (κ3) is 2.50. The van der Waals surface area contributed by atoms with Gasteiger partial charge in [0, 0.05) is 18.4 Å². The Hall–Kier alpha value is -1.90. The molecule has 4 nitrogen and oxygen atoms in total. The Bertz CT molecular complexity index is 586. The van der Waals surface area contributed by atoms with Crippen LogP contribution in [-0.2, 0) is 11.3 Å². The number of para-hydroxylation sites is 1. The normalized spacial score (nSPS) is 10.1. The van der Waals surface area contributed by atoms with Crippen molar-refractivity contribution in [2.24, 2.45) is 0 Å². The molecule has 0 aliphatic heterocycles. The van der Waals surface area contributed by atoms with Crippen molar-refractivity contribution < 1.29 is 4.74 Å². The molecule has 1 heterocycles. The number of nitrogens with one attached hydrogen (secondary N) is 1. The summed E-state index contributed by atoms with van der Waals surface area (Å²) in [6.45, 7) is 2.37. The van der Waals surface area contributed by atoms with E-state index < -0.39 is 0 Å². The fraction of sp³-hybridized carbons (Fsp3) is 0.231. The molecule has 1 N–H and O–H groups in total. The molecule has 1 aromatic carbocycles. The Morgan fingerprint density at radius 1 is 1.44 bits per heavy atom. The monoisotopic (exact) mass is 259 g/mol. The number of anilines is 2. The number of methoxy groups -OCH3 is 1. The van der Waals surface area contributed by atoms with E-state index >= 15 is 0 Å². The van der Waals surface area contributed by atoms with Crippen LogP contribution in [0.15, 0.2) is 24.3 Å². The van der Waals surface area contributed by atoms with E-state index in [9.17, 15) is 0 Å². The summed E-state index contributed by atoms with van der Waals surface area (Å²) in [5.41, 5.74) is 3.36. The molecule has 1 aromatic heterocycles. The van der Waals surface area contributed by atoms with Gasteiger partial charge in [0.1, 0.15) is 16.6 Å². The highest BCUT2D eigenvalue weighted by Crippen LogP contribution is 2.29. The molecule has 0 saturated carbocycles. The summed E-state index contributed by atoms with van der Waals surface area (Å²) in [6.07, 6.45) is 0. The van der Waals surface area contributed by atoms with Gasteiger partial charge < -0.3 is 10.1 Å². The zero-order chi connectivity index (χ0) is 13.0. The lowest BCUT2D eigenvalue weighted by molar-refractivity contribution is 0.185. The lowest BCUT2D eigenvalue weighted by atomic mass is 10.2. The molecule has 0 bridgehead atoms. The minimum Gasteiger partial charge on any atom is -0.380 e. The van der Waals surface area contributed by atoms with Gasteiger partial charge in [-0.1, -0.05) is 18.2 Å². The third-order valence-corrected chi connectivity index (χ3v) is 3.39. The molecular weight excluding hydrogens is 246 g/mol. The second-order valence-corrected chi connectivity index (χ2v) is 4.57. The number of hydrogen-bond acceptors (Lipinski definition) is 5. The van der Waals surface area contributed by atoms with E-state index in [1.807, 2.05) is 31.2 Å². The first kappa shape index (κ1) is 12.6. The molecule has 0 amide bonds. The largest absolute Gasteiger partial charge is 0.380 e. The number of rotatable bonds is 4. The summed E-state index contributed by atoms with van der Waals surface area (Å²) >= 11 is 1.30. The molecule has 0 unspecified atom stereocenters. The Kier molecular flexibility index (Phi) is 3.92. The SMILES string of the molecule is COCc1ccccc1Nc1snc(C)c1C#N. The van der Waals surface area contributed by atoms with Crippen molar-refractivity contribution in [1.82, 2.24) is 4.37 Å². The smallest absolute Gasteiger partial charge is 0.132 e. The van der Waals surface area contributed by atoms with Crippen molar-refractivity contribution in [2.45, 2.75) is 13.5 Å². The summed E-state index contributed by atoms with van der Waals surface area (Å²) < 4.78 is 9.34. The Morgan fingerprint density at radius 2 is 2.22 bits per heavy atom. The van der Waals surface area contributed by atoms with E-state index in [-0.39, 0.29) is 0 Å². The van der Waals surface area contributed by atoms with Gasteiger partial charge in [-0.15, -0.1) is 0 Å². The quantitative estimate of drug-likeness (QED) is 0.916. The van der Waals surface area contributed by atoms with Gasteiger partial charge in [-0.05, 0) is 24.5 Å². The molecule has 0 aliphatic rings. The number of aryl methyl sites for hydroxylation is 1. The molecule has 0 atom stereocenters. The average molecular weight is 259 g/mol. The van der Waals surface area contributed by atoms with Crippen LogP contribution in [-0.4, -0.2) is 11.5 Å². The van der Waals surface area contributed by atoms with Crippen LogP contribution in [0.2, 0.25) is 0 Å². The maximum Gasteiger partial charge on any atom is 0.132 e. The van der Waals surface area contributed by atoms with E-state index in [4.69, 9.17) is 10.00 Å². The number of hydrogen-bond donors (Lipinski definition) is 1. The first-order chi connectivity index (χ1) is 8.76. The molecule has 0 fully saturated rings. The summed E-state index contributed by atoms with van der Waals surface area (Å²) in [7, 11) is 1.66. The lowest BCUT2D eigenvalue weighted by Crippen LogP contribution is -1.97. The van der Waals surface area contributed by atoms with Crippen LogP contribution in [0.5, 0.6) is 0 Å². The topological polar surface area (TPSA) is 57.9 Å². The van der Waals surface area contributed by atoms with Crippen LogP contribution in [0.3, 0.4) is 0 Å². The highest BCUT2D eigenvalue weighted by atomic mass is 32.1. The summed E-state index contributed by atoms with van der Waals surface area (Å²) in [5.74, 6) is 0. The molecule has 2 aromatic rings. The molecule has 0 aliphatic carbocycles. The average Bonchev–Trinajstić information content (AvgIpc) is 2.72. The van der Waals surface area contributed by atoms with E-state index in [1.54, 1.807) is 7.11 Å². The second kappa shape index (κ2) is 5.63. The summed E-state index contributed by atoms with van der Waals surface area (Å²) in [5, 5.41) is 13.1. The van der Waals surface area contributed by atoms with Gasteiger partial charge in [-0.3, -0.25) is 0 Å². The van der Waals surface area contributed by atoms with Crippen molar-refractivity contribution in [3.05, 3.63) is 41.1 Å². The van der Waals surface area contributed by atoms with Gasteiger partial charge in [0.25, 0.3) is 0 Å². The Labute approximate surface area is 110 Å². The van der Waals surface area contributed by atoms with Gasteiger partial charge in [0.15, 0.2) is 0 Å². The number of nitrogens with zero attached hydrogens (tertiary/aromatic N) is 2. The van der Waals surface area contributed by atoms with E-state index in [1.165, 1.54) is 11.5 Å². The standard InChI is InChI=1S/C13H13N3OS/c1-9-11(7-14)13(18-16-9)15-12-6-4-3-5-10(12)8-17-2/h3-6,15H,8H2,1-2H3. The summed E-state index contributed by atoms with van der Waals surface area (Å²) in [4.78, 5) is 0. The lowest BCUT2D eigenvalue weighted by Gasteiger charge is -2.09. The van der Waals surface area contributed by atoms with E-state index in [0.717, 1.165) is 21.9 Å². The number of aromatic nitrogens is 1. The molecule has 0 saturated heterocycles. The van der Waals surface area contributed by atoms with Crippen molar-refractivity contribution in [2.75, 3.05) is 12.4 Å². The molecule has 0 spiro atoms. The predicted octanol–water partition coefficient (Wildman–Crippen LogP) is 3.21. The minimum absolute atomic E-state index is 0.531. The predicted molar refractivity (Wildman–Crippen MR) is 72.0 cm³/mol. The number of benzene rings is 1. The second-order valence-electron chi connectivity index (χ2n) is 3.80. The van der Waals surface area contributed by atoms with Crippen LogP contribution in [0.25, 0.3) is 0 Å². The van der Waals surface area contributed by atoms with Crippen LogP contribution < -0.4 is 5.32 Å². The van der Waals surface area contributed by atoms with E-state index in [2.05, 4.69) is 15.8 Å². The molecule has 92 valence electrons. The van der Waals surface area contributed by atoms with Gasteiger partial charge in [-0.2, -0.15) is 9.64 Å². The van der Waals surface area contributed by atoms with Crippen LogP contribution in [0, 0.1) is 18.3 Å². The molecule has 18 heavy (non-hydrogen) atoms. The molecular formula is C13H13N3OS. The van der Waals surface area contributed by atoms with Crippen molar-refractivity contribution >= 4 is 22.2 Å². The zero-order valence-corrected chi connectivity index (χ0v) is 11.0. The van der Waals surface area contributed by atoms with Gasteiger partial charge in [0.2, 0.25) is 0 Å². The number of nitriles is 1. The maximum absolute atomic E-state index is 9.09.